The van der Waals surface area contributed by atoms with Gasteiger partial charge in [0.2, 0.25) is 0 Å². The number of benzene rings is 3. The van der Waals surface area contributed by atoms with Gasteiger partial charge >= 0.3 is 0 Å². The zero-order chi connectivity index (χ0) is 24.5. The molecule has 0 unspecified atom stereocenters. The molecule has 0 atom stereocenters. The molecule has 0 N–H and O–H groups in total. The van der Waals surface area contributed by atoms with Crippen LogP contribution in [0.1, 0.15) is 11.1 Å². The standard InChI is InChI=1S/C20H12N3.C11H8N.Ir/c1-14-10-20(17-11-15(12-21)8-9-19(17)22-2)23-13-18(14)16-6-4-3-5-7-16;1-2-6-10(7-3-1)11-8-4-5-9-12-11;/h3-10,13H,1H3;1-6,8-9H;/q2*-1;. The van der Waals surface area contributed by atoms with Crippen molar-refractivity contribution >= 4 is 5.69 Å². The maximum Gasteiger partial charge on any atom is 0.253 e. The predicted molar refractivity (Wildman–Crippen MR) is 138 cm³/mol. The number of aryl methyl sites for hydroxylation is 1. The SMILES string of the molecule is [C-]#[N+]c1ccc(C#N)[c-]c1-c1cc(C)c(-c2ccccc2)cn1.[Ir].[c-]1ccccc1-c1ccccn1. The maximum atomic E-state index is 9.04. The van der Waals surface area contributed by atoms with Gasteiger partial charge in [-0.05, 0) is 47.5 Å². The summed E-state index contributed by atoms with van der Waals surface area (Å²) in [7, 11) is 0. The van der Waals surface area contributed by atoms with Gasteiger partial charge in [0.15, 0.2) is 0 Å². The minimum atomic E-state index is 0. The smallest absolute Gasteiger partial charge is 0.253 e. The summed E-state index contributed by atoms with van der Waals surface area (Å²) in [5, 5.41) is 9.04. The topological polar surface area (TPSA) is 53.9 Å². The minimum Gasteiger partial charge on any atom is -0.305 e. The predicted octanol–water partition coefficient (Wildman–Crippen LogP) is 7.49. The van der Waals surface area contributed by atoms with Crippen LogP contribution in [-0.4, -0.2) is 9.97 Å². The van der Waals surface area contributed by atoms with E-state index in [-0.39, 0.29) is 20.1 Å². The van der Waals surface area contributed by atoms with E-state index in [2.05, 4.69) is 33.0 Å². The number of aromatic nitrogens is 2. The Morgan fingerprint density at radius 2 is 1.67 bits per heavy atom. The van der Waals surface area contributed by atoms with Gasteiger partial charge in [-0.2, -0.15) is 4.85 Å². The summed E-state index contributed by atoms with van der Waals surface area (Å²) in [4.78, 5) is 12.2. The zero-order valence-electron chi connectivity index (χ0n) is 19.4. The molecular weight excluding hydrogens is 621 g/mol. The molecule has 2 heterocycles. The number of hydrogen-bond acceptors (Lipinski definition) is 3. The zero-order valence-corrected chi connectivity index (χ0v) is 21.8. The first-order valence-electron chi connectivity index (χ1n) is 10.9. The molecule has 3 aromatic carbocycles. The van der Waals surface area contributed by atoms with Crippen LogP contribution in [0.3, 0.4) is 0 Å². The molecule has 5 rings (SSSR count). The quantitative estimate of drug-likeness (QED) is 0.192. The van der Waals surface area contributed by atoms with Crippen LogP contribution in [0.4, 0.5) is 5.69 Å². The van der Waals surface area contributed by atoms with Gasteiger partial charge in [-0.3, -0.25) is 4.98 Å². The summed E-state index contributed by atoms with van der Waals surface area (Å²) < 4.78 is 0. The van der Waals surface area contributed by atoms with E-state index >= 15 is 0 Å². The van der Waals surface area contributed by atoms with Crippen molar-refractivity contribution in [2.24, 2.45) is 0 Å². The Balaban J connectivity index is 0.000000234. The Bertz CT molecular complexity index is 1470. The van der Waals surface area contributed by atoms with Crippen LogP contribution in [0.5, 0.6) is 0 Å². The molecule has 175 valence electrons. The van der Waals surface area contributed by atoms with Crippen molar-refractivity contribution in [2.45, 2.75) is 6.92 Å². The molecule has 4 nitrogen and oxygen atoms in total. The van der Waals surface area contributed by atoms with Gasteiger partial charge in [0.05, 0.1) is 0 Å². The van der Waals surface area contributed by atoms with E-state index in [9.17, 15) is 0 Å². The number of pyridine rings is 2. The first kappa shape index (κ1) is 26.2. The summed E-state index contributed by atoms with van der Waals surface area (Å²) in [5.41, 5.74) is 7.30. The summed E-state index contributed by atoms with van der Waals surface area (Å²) >= 11 is 0. The van der Waals surface area contributed by atoms with Gasteiger partial charge in [0.25, 0.3) is 5.69 Å². The molecule has 0 saturated carbocycles. The van der Waals surface area contributed by atoms with E-state index in [0.717, 1.165) is 27.9 Å². The van der Waals surface area contributed by atoms with E-state index in [1.807, 2.05) is 85.8 Å². The van der Waals surface area contributed by atoms with Crippen LogP contribution in [0, 0.1) is 37.0 Å². The normalized spacial score (nSPS) is 9.53. The Kier molecular flexibility index (Phi) is 9.38. The second-order valence-electron chi connectivity index (χ2n) is 7.60. The van der Waals surface area contributed by atoms with Gasteiger partial charge in [0, 0.05) is 43.8 Å². The van der Waals surface area contributed by atoms with Crippen molar-refractivity contribution in [3.8, 4) is 39.7 Å². The van der Waals surface area contributed by atoms with Crippen LogP contribution in [-0.2, 0) is 20.1 Å². The molecule has 0 aliphatic rings. The summed E-state index contributed by atoms with van der Waals surface area (Å²) in [6.07, 6.45) is 3.59. The summed E-state index contributed by atoms with van der Waals surface area (Å²) in [5.74, 6) is 0. The molecule has 36 heavy (non-hydrogen) atoms. The fraction of sp³-hybridized carbons (Fsp3) is 0.0323. The van der Waals surface area contributed by atoms with E-state index < -0.39 is 0 Å². The van der Waals surface area contributed by atoms with E-state index in [0.29, 0.717) is 22.5 Å². The minimum absolute atomic E-state index is 0. The molecule has 0 bridgehead atoms. The molecule has 5 heteroatoms. The van der Waals surface area contributed by atoms with Crippen molar-refractivity contribution < 1.29 is 20.1 Å². The Hall–Kier alpha value is -4.41. The summed E-state index contributed by atoms with van der Waals surface area (Å²) in [6, 6.07) is 37.1. The third-order valence-corrected chi connectivity index (χ3v) is 5.27. The molecule has 1 radical (unpaired) electrons. The second kappa shape index (κ2) is 12.9. The average Bonchev–Trinajstić information content (AvgIpc) is 2.94. The largest absolute Gasteiger partial charge is 0.305 e. The third-order valence-electron chi connectivity index (χ3n) is 5.27. The first-order valence-corrected chi connectivity index (χ1v) is 10.9. The first-order chi connectivity index (χ1) is 17.2. The third kappa shape index (κ3) is 6.38. The fourth-order valence-corrected chi connectivity index (χ4v) is 3.53. The Morgan fingerprint density at radius 3 is 2.31 bits per heavy atom. The monoisotopic (exact) mass is 641 g/mol. The Labute approximate surface area is 225 Å². The van der Waals surface area contributed by atoms with Crippen LogP contribution in [0.2, 0.25) is 0 Å². The number of nitrogens with zero attached hydrogens (tertiary/aromatic N) is 4. The number of hydrogen-bond donors (Lipinski definition) is 0. The fourth-order valence-electron chi connectivity index (χ4n) is 3.53. The van der Waals surface area contributed by atoms with Gasteiger partial charge in [-0.1, -0.05) is 60.2 Å². The Morgan fingerprint density at radius 1 is 0.889 bits per heavy atom. The number of nitriles is 1. The molecule has 0 fully saturated rings. The molecule has 0 aliphatic carbocycles. The van der Waals surface area contributed by atoms with Crippen molar-refractivity contribution in [3.63, 3.8) is 0 Å². The number of rotatable bonds is 3. The van der Waals surface area contributed by atoms with Crippen LogP contribution in [0.15, 0.2) is 103 Å². The molecule has 0 aliphatic heterocycles. The molecule has 0 spiro atoms. The van der Waals surface area contributed by atoms with Crippen molar-refractivity contribution in [2.75, 3.05) is 0 Å². The average molecular weight is 641 g/mol. The van der Waals surface area contributed by atoms with E-state index in [4.69, 9.17) is 11.8 Å². The van der Waals surface area contributed by atoms with Crippen LogP contribution < -0.4 is 0 Å². The van der Waals surface area contributed by atoms with Crippen LogP contribution in [0.25, 0.3) is 38.5 Å². The van der Waals surface area contributed by atoms with Crippen molar-refractivity contribution in [1.82, 2.24) is 9.97 Å². The molecule has 5 aromatic rings. The van der Waals surface area contributed by atoms with E-state index in [1.165, 1.54) is 0 Å². The van der Waals surface area contributed by atoms with E-state index in [1.54, 1.807) is 24.5 Å². The van der Waals surface area contributed by atoms with Gasteiger partial charge in [-0.25, -0.2) is 5.26 Å². The molecule has 0 amide bonds. The maximum absolute atomic E-state index is 9.04. The molecule has 2 aromatic heterocycles. The van der Waals surface area contributed by atoms with Gasteiger partial charge in [-0.15, -0.1) is 42.0 Å². The van der Waals surface area contributed by atoms with Crippen molar-refractivity contribution in [1.29, 1.82) is 5.26 Å². The molecular formula is C31H20IrN4-2. The van der Waals surface area contributed by atoms with Crippen molar-refractivity contribution in [3.05, 3.63) is 138 Å². The van der Waals surface area contributed by atoms with Gasteiger partial charge < -0.3 is 4.98 Å². The van der Waals surface area contributed by atoms with Crippen LogP contribution >= 0.6 is 0 Å². The second-order valence-corrected chi connectivity index (χ2v) is 7.60. The summed E-state index contributed by atoms with van der Waals surface area (Å²) in [6.45, 7) is 9.30. The molecule has 0 saturated heterocycles. The van der Waals surface area contributed by atoms with Gasteiger partial charge in [0.1, 0.15) is 6.57 Å².